The van der Waals surface area contributed by atoms with Crippen molar-refractivity contribution in [1.29, 1.82) is 0 Å². The first-order chi connectivity index (χ1) is 3.13. The molecular formula is CH4O4S2. The lowest BCUT2D eigenvalue weighted by Crippen LogP contribution is -1.86. The molecule has 0 spiro atoms. The zero-order valence-electron chi connectivity index (χ0n) is 3.23. The second-order valence-corrected chi connectivity index (χ2v) is 3.27. The molecule has 0 amide bonds. The first-order valence-corrected chi connectivity index (χ1v) is 4.09. The second-order valence-electron chi connectivity index (χ2n) is 0.807. The van der Waals surface area contributed by atoms with E-state index in [1.54, 1.807) is 0 Å². The van der Waals surface area contributed by atoms with Gasteiger partial charge in [-0.25, -0.2) is 16.8 Å². The lowest BCUT2D eigenvalue weighted by atomic mass is 11.9. The number of hydrogen-bond acceptors (Lipinski definition) is 4. The molecule has 0 N–H and O–H groups in total. The molecule has 0 aliphatic carbocycles. The highest BCUT2D eigenvalue weighted by atomic mass is 32.2. The minimum atomic E-state index is -2.74. The molecule has 7 heavy (non-hydrogen) atoms. The molecular weight excluding hydrogens is 140 g/mol. The summed E-state index contributed by atoms with van der Waals surface area (Å²) in [7, 11) is -5.47. The number of hydrogen-bond donors (Lipinski definition) is 2. The summed E-state index contributed by atoms with van der Waals surface area (Å²) in [5.41, 5.74) is 0. The van der Waals surface area contributed by atoms with Gasteiger partial charge in [-0.2, -0.15) is 0 Å². The van der Waals surface area contributed by atoms with Crippen molar-refractivity contribution in [3.8, 4) is 0 Å². The molecule has 0 unspecified atom stereocenters. The lowest BCUT2D eigenvalue weighted by Gasteiger charge is -1.66. The first kappa shape index (κ1) is 6.90. The fourth-order valence-corrected chi connectivity index (χ4v) is 0.849. The van der Waals surface area contributed by atoms with Crippen molar-refractivity contribution in [1.82, 2.24) is 0 Å². The SMILES string of the molecule is O=[SH](=O)C[SH](=O)=O. The fourth-order valence-electron chi connectivity index (χ4n) is 0.0943. The lowest BCUT2D eigenvalue weighted by molar-refractivity contribution is 0.609. The van der Waals surface area contributed by atoms with Gasteiger partial charge in [-0.1, -0.05) is 0 Å². The minimum absolute atomic E-state index is 0.731. The van der Waals surface area contributed by atoms with E-state index in [1.165, 1.54) is 0 Å². The predicted octanol–water partition coefficient (Wildman–Crippen LogP) is -1.83. The molecule has 0 aliphatic rings. The average Bonchev–Trinajstić information content (AvgIpc) is 1.27. The van der Waals surface area contributed by atoms with Crippen LogP contribution in [0.2, 0.25) is 0 Å². The van der Waals surface area contributed by atoms with E-state index in [9.17, 15) is 16.8 Å². The Labute approximate surface area is 44.1 Å². The zero-order valence-corrected chi connectivity index (χ0v) is 5.02. The highest BCUT2D eigenvalue weighted by Crippen LogP contribution is 1.62. The van der Waals surface area contributed by atoms with Crippen LogP contribution in [0, 0.1) is 0 Å². The fraction of sp³-hybridized carbons (Fsp3) is 1.00. The van der Waals surface area contributed by atoms with Gasteiger partial charge in [-0.05, 0) is 0 Å². The highest BCUT2D eigenvalue weighted by Gasteiger charge is 1.83. The molecule has 0 aromatic heterocycles. The van der Waals surface area contributed by atoms with E-state index in [1.807, 2.05) is 0 Å². The number of rotatable bonds is 2. The van der Waals surface area contributed by atoms with Crippen LogP contribution in [0.4, 0.5) is 0 Å². The summed E-state index contributed by atoms with van der Waals surface area (Å²) in [5, 5.41) is -0.731. The number of thiol groups is 2. The largest absolute Gasteiger partial charge is 0.231 e. The summed E-state index contributed by atoms with van der Waals surface area (Å²) in [4.78, 5) is 0. The van der Waals surface area contributed by atoms with Gasteiger partial charge < -0.3 is 0 Å². The normalized spacial score (nSPS) is 10.6. The summed E-state index contributed by atoms with van der Waals surface area (Å²) in [5.74, 6) is 0. The van der Waals surface area contributed by atoms with Gasteiger partial charge in [0.2, 0.25) is 0 Å². The van der Waals surface area contributed by atoms with E-state index in [2.05, 4.69) is 0 Å². The van der Waals surface area contributed by atoms with Crippen LogP contribution in [0.25, 0.3) is 0 Å². The van der Waals surface area contributed by atoms with Crippen LogP contribution in [0.15, 0.2) is 0 Å². The quantitative estimate of drug-likeness (QED) is 0.447. The van der Waals surface area contributed by atoms with E-state index in [-0.39, 0.29) is 0 Å². The van der Waals surface area contributed by atoms with Gasteiger partial charge in [-0.15, -0.1) is 0 Å². The first-order valence-electron chi connectivity index (χ1n) is 1.36. The van der Waals surface area contributed by atoms with E-state index in [0.29, 0.717) is 0 Å². The van der Waals surface area contributed by atoms with E-state index >= 15 is 0 Å². The Kier molecular flexibility index (Phi) is 2.93. The maximum Gasteiger partial charge on any atom is 0.154 e. The molecule has 0 bridgehead atoms. The van der Waals surface area contributed by atoms with Crippen LogP contribution in [0.5, 0.6) is 0 Å². The summed E-state index contributed by atoms with van der Waals surface area (Å²) >= 11 is 0. The standard InChI is InChI=1S/CH4O4S2/c2-6(3)1-7(4)5/h6-7H,1H2. The molecule has 0 aromatic rings. The van der Waals surface area contributed by atoms with Gasteiger partial charge in [0.25, 0.3) is 0 Å². The molecule has 0 aliphatic heterocycles. The Bertz CT molecular complexity index is 138. The van der Waals surface area contributed by atoms with Crippen LogP contribution in [-0.4, -0.2) is 21.9 Å². The van der Waals surface area contributed by atoms with E-state index in [0.717, 1.165) is 0 Å². The topological polar surface area (TPSA) is 68.3 Å². The van der Waals surface area contributed by atoms with Crippen molar-refractivity contribution in [3.63, 3.8) is 0 Å². The highest BCUT2D eigenvalue weighted by molar-refractivity contribution is 7.90. The summed E-state index contributed by atoms with van der Waals surface area (Å²) in [6.45, 7) is 0. The van der Waals surface area contributed by atoms with Crippen LogP contribution in [-0.2, 0) is 21.4 Å². The molecule has 0 fully saturated rings. The predicted molar refractivity (Wildman–Crippen MR) is 25.5 cm³/mol. The maximum atomic E-state index is 9.46. The monoisotopic (exact) mass is 144 g/mol. The van der Waals surface area contributed by atoms with Crippen LogP contribution in [0.3, 0.4) is 0 Å². The van der Waals surface area contributed by atoms with Gasteiger partial charge in [-0.3, -0.25) is 0 Å². The summed E-state index contributed by atoms with van der Waals surface area (Å²) < 4.78 is 37.9. The van der Waals surface area contributed by atoms with Gasteiger partial charge in [0.15, 0.2) is 21.4 Å². The molecule has 0 saturated carbocycles. The van der Waals surface area contributed by atoms with E-state index < -0.39 is 26.5 Å². The molecule has 0 aromatic carbocycles. The van der Waals surface area contributed by atoms with Crippen molar-refractivity contribution < 1.29 is 16.8 Å². The molecule has 4 nitrogen and oxygen atoms in total. The molecule has 0 saturated heterocycles. The Balaban J connectivity index is 3.77. The smallest absolute Gasteiger partial charge is 0.154 e. The van der Waals surface area contributed by atoms with E-state index in [4.69, 9.17) is 0 Å². The molecule has 0 heterocycles. The molecule has 6 heteroatoms. The molecule has 0 rings (SSSR count). The van der Waals surface area contributed by atoms with Gasteiger partial charge >= 0.3 is 0 Å². The van der Waals surface area contributed by atoms with Crippen molar-refractivity contribution in [3.05, 3.63) is 0 Å². The van der Waals surface area contributed by atoms with Crippen molar-refractivity contribution in [2.75, 3.05) is 5.08 Å². The third-order valence-electron chi connectivity index (χ3n) is 0.231. The summed E-state index contributed by atoms with van der Waals surface area (Å²) in [6.07, 6.45) is 0. The second kappa shape index (κ2) is 2.98. The average molecular weight is 144 g/mol. The Hall–Kier alpha value is -0.100. The summed E-state index contributed by atoms with van der Waals surface area (Å²) in [6, 6.07) is 0. The van der Waals surface area contributed by atoms with Crippen LogP contribution in [0.1, 0.15) is 0 Å². The van der Waals surface area contributed by atoms with Gasteiger partial charge in [0.05, 0.1) is 0 Å². The third-order valence-corrected chi connectivity index (χ3v) is 2.08. The molecule has 0 atom stereocenters. The Morgan fingerprint density at radius 3 is 1.14 bits per heavy atom. The zero-order chi connectivity index (χ0) is 5.86. The Morgan fingerprint density at radius 2 is 1.14 bits per heavy atom. The minimum Gasteiger partial charge on any atom is -0.231 e. The third kappa shape index (κ3) is 5.90. The molecule has 44 valence electrons. The van der Waals surface area contributed by atoms with Gasteiger partial charge in [0, 0.05) is 0 Å². The molecule has 0 radical (unpaired) electrons. The van der Waals surface area contributed by atoms with Crippen LogP contribution >= 0.6 is 0 Å². The van der Waals surface area contributed by atoms with Crippen molar-refractivity contribution in [2.45, 2.75) is 0 Å². The Morgan fingerprint density at radius 1 is 0.857 bits per heavy atom. The van der Waals surface area contributed by atoms with Crippen molar-refractivity contribution in [2.24, 2.45) is 0 Å². The van der Waals surface area contributed by atoms with Crippen LogP contribution < -0.4 is 0 Å². The van der Waals surface area contributed by atoms with Crippen molar-refractivity contribution >= 4 is 21.4 Å². The van der Waals surface area contributed by atoms with Gasteiger partial charge in [0.1, 0.15) is 5.08 Å². The maximum absolute atomic E-state index is 9.46.